The zero-order chi connectivity index (χ0) is 20.7. The maximum Gasteiger partial charge on any atom is 0.319 e. The number of benzene rings is 2. The number of amides is 2. The van der Waals surface area contributed by atoms with E-state index in [1.165, 1.54) is 4.90 Å². The normalized spacial score (nSPS) is 12.5. The first kappa shape index (κ1) is 22.1. The molecule has 2 N–H and O–H groups in total. The van der Waals surface area contributed by atoms with E-state index in [0.717, 1.165) is 17.0 Å². The lowest BCUT2D eigenvalue weighted by Gasteiger charge is -2.25. The summed E-state index contributed by atoms with van der Waals surface area (Å²) in [4.78, 5) is 15.6. The highest BCUT2D eigenvalue weighted by Gasteiger charge is 2.16. The van der Waals surface area contributed by atoms with Gasteiger partial charge in [-0.25, -0.2) is 4.79 Å². The number of carbonyl (C=O) groups excluding carboxylic acids is 1. The Morgan fingerprint density at radius 1 is 1.14 bits per heavy atom. The van der Waals surface area contributed by atoms with E-state index in [1.54, 1.807) is 18.9 Å². The van der Waals surface area contributed by atoms with E-state index in [9.17, 15) is 4.79 Å². The molecule has 0 radical (unpaired) electrons. The molecule has 0 aromatic heterocycles. The van der Waals surface area contributed by atoms with E-state index >= 15 is 0 Å². The van der Waals surface area contributed by atoms with Crippen LogP contribution in [0, 0.1) is 0 Å². The quantitative estimate of drug-likeness (QED) is 0.640. The number of thioether (sulfide) groups is 1. The fourth-order valence-corrected chi connectivity index (χ4v) is 3.75. The smallest absolute Gasteiger partial charge is 0.319 e. The molecule has 6 heteroatoms. The fraction of sp³-hybridized carbons (Fsp3) is 0.409. The predicted molar refractivity (Wildman–Crippen MR) is 118 cm³/mol. The number of urea groups is 1. The zero-order valence-corrected chi connectivity index (χ0v) is 18.4. The molecular weight excluding hydrogens is 370 g/mol. The van der Waals surface area contributed by atoms with Crippen molar-refractivity contribution in [1.29, 1.82) is 0 Å². The van der Waals surface area contributed by atoms with Gasteiger partial charge in [-0.3, -0.25) is 0 Å². The number of rotatable bonds is 7. The van der Waals surface area contributed by atoms with Gasteiger partial charge in [0.15, 0.2) is 0 Å². The van der Waals surface area contributed by atoms with E-state index in [-0.39, 0.29) is 16.8 Å². The average molecular weight is 402 g/mol. The Kier molecular flexibility index (Phi) is 7.78. The molecule has 2 aromatic rings. The molecule has 0 aliphatic rings. The van der Waals surface area contributed by atoms with Crippen molar-refractivity contribution >= 4 is 23.5 Å². The van der Waals surface area contributed by atoms with Crippen molar-refractivity contribution < 1.29 is 9.53 Å². The Hall–Kier alpha value is -2.18. The van der Waals surface area contributed by atoms with Crippen LogP contribution in [0.1, 0.15) is 32.4 Å². The van der Waals surface area contributed by atoms with Gasteiger partial charge in [-0.2, -0.15) is 0 Å². The largest absolute Gasteiger partial charge is 0.497 e. The first-order valence-corrected chi connectivity index (χ1v) is 10.1. The van der Waals surface area contributed by atoms with Crippen molar-refractivity contribution in [1.82, 2.24) is 10.2 Å². The molecule has 5 nitrogen and oxygen atoms in total. The van der Waals surface area contributed by atoms with Crippen molar-refractivity contribution in [3.05, 3.63) is 54.1 Å². The van der Waals surface area contributed by atoms with E-state index in [1.807, 2.05) is 62.6 Å². The fourth-order valence-electron chi connectivity index (χ4n) is 2.77. The minimum atomic E-state index is -0.217. The minimum Gasteiger partial charge on any atom is -0.497 e. The standard InChI is InChI=1S/C22H31N3O2S/c1-22(2,3)28-19-12-10-17(11-13-19)24-21(26)23-15-20(25(4)5)16-8-7-9-18(14-16)27-6/h7-14,20H,15H2,1-6H3,(H2,23,24,26). The summed E-state index contributed by atoms with van der Waals surface area (Å²) in [6.07, 6.45) is 0. The summed E-state index contributed by atoms with van der Waals surface area (Å²) in [7, 11) is 5.64. The zero-order valence-electron chi connectivity index (χ0n) is 17.6. The third kappa shape index (κ3) is 7.09. The molecule has 0 aliphatic heterocycles. The first-order chi connectivity index (χ1) is 13.2. The second-order valence-corrected chi connectivity index (χ2v) is 9.73. The van der Waals surface area contributed by atoms with Gasteiger partial charge in [-0.1, -0.05) is 32.9 Å². The molecular formula is C22H31N3O2S. The third-order valence-electron chi connectivity index (χ3n) is 4.09. The summed E-state index contributed by atoms with van der Waals surface area (Å²) < 4.78 is 5.47. The Balaban J connectivity index is 1.94. The van der Waals surface area contributed by atoms with Crippen LogP contribution in [-0.4, -0.2) is 43.4 Å². The van der Waals surface area contributed by atoms with Crippen LogP contribution >= 0.6 is 11.8 Å². The van der Waals surface area contributed by atoms with E-state index in [2.05, 4.69) is 36.3 Å². The maximum atomic E-state index is 12.3. The Bertz CT molecular complexity index is 770. The maximum absolute atomic E-state index is 12.3. The van der Waals surface area contributed by atoms with Crippen LogP contribution in [0.2, 0.25) is 0 Å². The van der Waals surface area contributed by atoms with Crippen LogP contribution < -0.4 is 15.4 Å². The molecule has 28 heavy (non-hydrogen) atoms. The molecule has 1 unspecified atom stereocenters. The van der Waals surface area contributed by atoms with Crippen molar-refractivity contribution in [2.45, 2.75) is 36.5 Å². The highest BCUT2D eigenvalue weighted by atomic mass is 32.2. The first-order valence-electron chi connectivity index (χ1n) is 9.32. The molecule has 2 rings (SSSR count). The highest BCUT2D eigenvalue weighted by Crippen LogP contribution is 2.32. The predicted octanol–water partition coefficient (Wildman–Crippen LogP) is 5.01. The van der Waals surface area contributed by atoms with Gasteiger partial charge in [0.25, 0.3) is 0 Å². The van der Waals surface area contributed by atoms with Crippen molar-refractivity contribution in [2.24, 2.45) is 0 Å². The number of hydrogen-bond donors (Lipinski definition) is 2. The van der Waals surface area contributed by atoms with Crippen LogP contribution in [0.5, 0.6) is 5.75 Å². The summed E-state index contributed by atoms with van der Waals surface area (Å²) >= 11 is 1.80. The Morgan fingerprint density at radius 3 is 2.39 bits per heavy atom. The third-order valence-corrected chi connectivity index (χ3v) is 5.21. The van der Waals surface area contributed by atoms with Crippen molar-refractivity contribution in [2.75, 3.05) is 33.1 Å². The van der Waals surface area contributed by atoms with Crippen molar-refractivity contribution in [3.63, 3.8) is 0 Å². The van der Waals surface area contributed by atoms with Gasteiger partial charge in [0, 0.05) is 21.9 Å². The van der Waals surface area contributed by atoms with Gasteiger partial charge >= 0.3 is 6.03 Å². The van der Waals surface area contributed by atoms with Gasteiger partial charge < -0.3 is 20.3 Å². The topological polar surface area (TPSA) is 53.6 Å². The van der Waals surface area contributed by atoms with E-state index < -0.39 is 0 Å². The molecule has 2 aromatic carbocycles. The molecule has 2 amide bonds. The van der Waals surface area contributed by atoms with E-state index in [4.69, 9.17) is 4.74 Å². The molecule has 0 spiro atoms. The van der Waals surface area contributed by atoms with Crippen molar-refractivity contribution in [3.8, 4) is 5.75 Å². The monoisotopic (exact) mass is 401 g/mol. The summed E-state index contributed by atoms with van der Waals surface area (Å²) in [5.41, 5.74) is 1.87. The summed E-state index contributed by atoms with van der Waals surface area (Å²) in [5.74, 6) is 0.807. The average Bonchev–Trinajstić information content (AvgIpc) is 2.62. The number of hydrogen-bond acceptors (Lipinski definition) is 4. The number of nitrogens with one attached hydrogen (secondary N) is 2. The molecule has 0 bridgehead atoms. The van der Waals surface area contributed by atoms with Crippen LogP contribution in [-0.2, 0) is 0 Å². The number of nitrogens with zero attached hydrogens (tertiary/aromatic N) is 1. The number of likely N-dealkylation sites (N-methyl/N-ethyl adjacent to an activating group) is 1. The highest BCUT2D eigenvalue weighted by molar-refractivity contribution is 8.00. The van der Waals surface area contributed by atoms with E-state index in [0.29, 0.717) is 6.54 Å². The van der Waals surface area contributed by atoms with Gasteiger partial charge in [-0.15, -0.1) is 11.8 Å². The van der Waals surface area contributed by atoms with Crippen LogP contribution in [0.15, 0.2) is 53.4 Å². The summed E-state index contributed by atoms with van der Waals surface area (Å²) in [6.45, 7) is 7.03. The molecule has 0 saturated heterocycles. The number of anilines is 1. The van der Waals surface area contributed by atoms with Crippen LogP contribution in [0.3, 0.4) is 0 Å². The van der Waals surface area contributed by atoms with Crippen LogP contribution in [0.25, 0.3) is 0 Å². The summed E-state index contributed by atoms with van der Waals surface area (Å²) in [6, 6.07) is 15.7. The number of ether oxygens (including phenoxy) is 1. The minimum absolute atomic E-state index is 0.0476. The lowest BCUT2D eigenvalue weighted by Crippen LogP contribution is -2.36. The molecule has 0 heterocycles. The van der Waals surface area contributed by atoms with Crippen LogP contribution in [0.4, 0.5) is 10.5 Å². The Labute approximate surface area is 172 Å². The molecule has 0 aliphatic carbocycles. The second kappa shape index (κ2) is 9.85. The van der Waals surface area contributed by atoms with Gasteiger partial charge in [0.2, 0.25) is 0 Å². The molecule has 0 saturated carbocycles. The number of methoxy groups -OCH3 is 1. The van der Waals surface area contributed by atoms with Gasteiger partial charge in [0.05, 0.1) is 13.2 Å². The lowest BCUT2D eigenvalue weighted by atomic mass is 10.1. The lowest BCUT2D eigenvalue weighted by molar-refractivity contribution is 0.243. The SMILES string of the molecule is COc1cccc(C(CNC(=O)Nc2ccc(SC(C)(C)C)cc2)N(C)C)c1. The number of carbonyl (C=O) groups is 1. The molecule has 1 atom stereocenters. The van der Waals surface area contributed by atoms with Gasteiger partial charge in [0.1, 0.15) is 5.75 Å². The summed E-state index contributed by atoms with van der Waals surface area (Å²) in [5, 5.41) is 5.86. The second-order valence-electron chi connectivity index (χ2n) is 7.83. The molecule has 152 valence electrons. The van der Waals surface area contributed by atoms with Gasteiger partial charge in [-0.05, 0) is 56.1 Å². The Morgan fingerprint density at radius 2 is 1.82 bits per heavy atom. The molecule has 0 fully saturated rings.